The van der Waals surface area contributed by atoms with Gasteiger partial charge in [0.05, 0.1) is 0 Å². The van der Waals surface area contributed by atoms with Gasteiger partial charge in [0, 0.05) is 19.6 Å². The van der Waals surface area contributed by atoms with E-state index in [0.29, 0.717) is 18.5 Å². The third-order valence-electron chi connectivity index (χ3n) is 4.25. The van der Waals surface area contributed by atoms with Crippen LogP contribution in [-0.2, 0) is 22.7 Å². The van der Waals surface area contributed by atoms with E-state index >= 15 is 0 Å². The Balaban J connectivity index is 1.83. The van der Waals surface area contributed by atoms with E-state index < -0.39 is 0 Å². The van der Waals surface area contributed by atoms with Crippen LogP contribution >= 0.6 is 0 Å². The van der Waals surface area contributed by atoms with Crippen molar-refractivity contribution in [3.8, 4) is 0 Å². The van der Waals surface area contributed by atoms with Gasteiger partial charge in [0.25, 0.3) is 0 Å². The maximum Gasteiger partial charge on any atom is 0.246 e. The van der Waals surface area contributed by atoms with Crippen molar-refractivity contribution < 1.29 is 14.0 Å². The van der Waals surface area contributed by atoms with Crippen molar-refractivity contribution in [1.29, 1.82) is 0 Å². The van der Waals surface area contributed by atoms with Gasteiger partial charge < -0.3 is 15.5 Å². The van der Waals surface area contributed by atoms with Gasteiger partial charge in [-0.3, -0.25) is 9.59 Å². The molecule has 2 fully saturated rings. The van der Waals surface area contributed by atoms with Crippen LogP contribution in [0.4, 0.5) is 4.39 Å². The SMILES string of the molecule is NCc1ccc(F)cc1CN1CC(=O)N2CCCC2C1=O. The summed E-state index contributed by atoms with van der Waals surface area (Å²) in [4.78, 5) is 27.7. The molecule has 1 aromatic rings. The number of amides is 2. The Bertz CT molecular complexity index is 590. The van der Waals surface area contributed by atoms with Crippen molar-refractivity contribution in [2.45, 2.75) is 32.0 Å². The molecule has 2 heterocycles. The number of halogens is 1. The molecule has 3 rings (SSSR count). The Labute approximate surface area is 122 Å². The Morgan fingerprint density at radius 1 is 1.29 bits per heavy atom. The fourth-order valence-electron chi connectivity index (χ4n) is 3.14. The van der Waals surface area contributed by atoms with E-state index in [1.807, 2.05) is 0 Å². The van der Waals surface area contributed by atoms with E-state index in [0.717, 1.165) is 12.0 Å². The smallest absolute Gasteiger partial charge is 0.246 e. The summed E-state index contributed by atoms with van der Waals surface area (Å²) >= 11 is 0. The monoisotopic (exact) mass is 291 g/mol. The van der Waals surface area contributed by atoms with Crippen molar-refractivity contribution in [1.82, 2.24) is 9.80 Å². The molecule has 6 heteroatoms. The highest BCUT2D eigenvalue weighted by Crippen LogP contribution is 2.25. The summed E-state index contributed by atoms with van der Waals surface area (Å²) in [6.07, 6.45) is 1.58. The first-order chi connectivity index (χ1) is 10.1. The van der Waals surface area contributed by atoms with E-state index in [1.165, 1.54) is 17.0 Å². The van der Waals surface area contributed by atoms with Gasteiger partial charge >= 0.3 is 0 Å². The Hall–Kier alpha value is -1.95. The molecule has 1 unspecified atom stereocenters. The first-order valence-corrected chi connectivity index (χ1v) is 7.16. The molecule has 0 radical (unpaired) electrons. The summed E-state index contributed by atoms with van der Waals surface area (Å²) in [6.45, 7) is 1.24. The van der Waals surface area contributed by atoms with E-state index in [9.17, 15) is 14.0 Å². The van der Waals surface area contributed by atoms with Gasteiger partial charge in [-0.1, -0.05) is 6.07 Å². The molecule has 21 heavy (non-hydrogen) atoms. The number of fused-ring (bicyclic) bond motifs is 1. The lowest BCUT2D eigenvalue weighted by molar-refractivity contribution is -0.154. The maximum atomic E-state index is 13.4. The van der Waals surface area contributed by atoms with Crippen molar-refractivity contribution in [2.24, 2.45) is 5.73 Å². The van der Waals surface area contributed by atoms with E-state index in [-0.39, 0.29) is 43.3 Å². The first-order valence-electron chi connectivity index (χ1n) is 7.16. The fraction of sp³-hybridized carbons (Fsp3) is 0.467. The minimum Gasteiger partial charge on any atom is -0.329 e. The summed E-state index contributed by atoms with van der Waals surface area (Å²) in [5, 5.41) is 0. The molecule has 1 atom stereocenters. The number of nitrogens with zero attached hydrogens (tertiary/aromatic N) is 2. The number of hydrogen-bond acceptors (Lipinski definition) is 3. The lowest BCUT2D eigenvalue weighted by Gasteiger charge is -2.36. The predicted molar refractivity (Wildman–Crippen MR) is 74.4 cm³/mol. The van der Waals surface area contributed by atoms with Crippen LogP contribution in [0.1, 0.15) is 24.0 Å². The molecule has 2 aliphatic rings. The molecule has 5 nitrogen and oxygen atoms in total. The Morgan fingerprint density at radius 2 is 2.10 bits per heavy atom. The largest absolute Gasteiger partial charge is 0.329 e. The molecule has 2 aliphatic heterocycles. The molecule has 112 valence electrons. The van der Waals surface area contributed by atoms with Crippen LogP contribution in [0.2, 0.25) is 0 Å². The van der Waals surface area contributed by atoms with E-state index in [4.69, 9.17) is 5.73 Å². The highest BCUT2D eigenvalue weighted by atomic mass is 19.1. The zero-order valence-corrected chi connectivity index (χ0v) is 11.7. The van der Waals surface area contributed by atoms with Crippen LogP contribution in [0.25, 0.3) is 0 Å². The standard InChI is InChI=1S/C15H18FN3O2/c16-12-4-3-10(7-17)11(6-12)8-18-9-14(20)19-5-1-2-13(19)15(18)21/h3-4,6,13H,1-2,5,7-9,17H2. The van der Waals surface area contributed by atoms with Crippen LogP contribution in [0, 0.1) is 5.82 Å². The molecule has 1 aromatic carbocycles. The summed E-state index contributed by atoms with van der Waals surface area (Å²) in [6, 6.07) is 4.04. The molecule has 0 aromatic heterocycles. The number of nitrogens with two attached hydrogens (primary N) is 1. The molecule has 2 N–H and O–H groups in total. The summed E-state index contributed by atoms with van der Waals surface area (Å²) in [7, 11) is 0. The second-order valence-electron chi connectivity index (χ2n) is 5.56. The average molecular weight is 291 g/mol. The minimum absolute atomic E-state index is 0.0252. The average Bonchev–Trinajstić information content (AvgIpc) is 2.95. The number of carbonyl (C=O) groups is 2. The lowest BCUT2D eigenvalue weighted by Crippen LogP contribution is -2.56. The van der Waals surface area contributed by atoms with Crippen LogP contribution in [0.15, 0.2) is 18.2 Å². The molecule has 0 spiro atoms. The highest BCUT2D eigenvalue weighted by molar-refractivity contribution is 5.95. The van der Waals surface area contributed by atoms with Crippen LogP contribution < -0.4 is 5.73 Å². The Kier molecular flexibility index (Phi) is 3.63. The number of benzene rings is 1. The van der Waals surface area contributed by atoms with Gasteiger partial charge in [0.2, 0.25) is 11.8 Å². The molecule has 0 saturated carbocycles. The minimum atomic E-state index is -0.361. The molecular weight excluding hydrogens is 273 g/mol. The van der Waals surface area contributed by atoms with Gasteiger partial charge in [0.15, 0.2) is 0 Å². The van der Waals surface area contributed by atoms with E-state index in [2.05, 4.69) is 0 Å². The molecule has 2 amide bonds. The summed E-state index contributed by atoms with van der Waals surface area (Å²) in [5.74, 6) is -0.428. The van der Waals surface area contributed by atoms with Crippen molar-refractivity contribution in [2.75, 3.05) is 13.1 Å². The number of hydrogen-bond donors (Lipinski definition) is 1. The van der Waals surface area contributed by atoms with Gasteiger partial charge in [0.1, 0.15) is 18.4 Å². The van der Waals surface area contributed by atoms with Crippen molar-refractivity contribution in [3.63, 3.8) is 0 Å². The zero-order chi connectivity index (χ0) is 15.0. The van der Waals surface area contributed by atoms with Crippen LogP contribution in [-0.4, -0.2) is 40.7 Å². The molecule has 0 aliphatic carbocycles. The topological polar surface area (TPSA) is 66.6 Å². The maximum absolute atomic E-state index is 13.4. The third kappa shape index (κ3) is 2.51. The quantitative estimate of drug-likeness (QED) is 0.887. The predicted octanol–water partition coefficient (Wildman–Crippen LogP) is 0.618. The highest BCUT2D eigenvalue weighted by Gasteiger charge is 2.41. The number of rotatable bonds is 3. The second-order valence-corrected chi connectivity index (χ2v) is 5.56. The summed E-state index contributed by atoms with van der Waals surface area (Å²) < 4.78 is 13.4. The number of piperazine rings is 1. The van der Waals surface area contributed by atoms with E-state index in [1.54, 1.807) is 11.0 Å². The summed E-state index contributed by atoms with van der Waals surface area (Å²) in [5.41, 5.74) is 7.12. The van der Waals surface area contributed by atoms with Gasteiger partial charge in [-0.05, 0) is 36.1 Å². The van der Waals surface area contributed by atoms with Crippen molar-refractivity contribution in [3.05, 3.63) is 35.1 Å². The normalized spacial score (nSPS) is 21.9. The van der Waals surface area contributed by atoms with Crippen LogP contribution in [0.3, 0.4) is 0 Å². The van der Waals surface area contributed by atoms with Gasteiger partial charge in [-0.2, -0.15) is 0 Å². The molecular formula is C15H18FN3O2. The number of carbonyl (C=O) groups excluding carboxylic acids is 2. The fourth-order valence-corrected chi connectivity index (χ4v) is 3.14. The molecule has 2 saturated heterocycles. The van der Waals surface area contributed by atoms with Gasteiger partial charge in [-0.15, -0.1) is 0 Å². The zero-order valence-electron chi connectivity index (χ0n) is 11.7. The Morgan fingerprint density at radius 3 is 2.86 bits per heavy atom. The lowest BCUT2D eigenvalue weighted by atomic mass is 10.0. The molecule has 0 bridgehead atoms. The van der Waals surface area contributed by atoms with Crippen molar-refractivity contribution >= 4 is 11.8 Å². The first kappa shape index (κ1) is 14.0. The van der Waals surface area contributed by atoms with Gasteiger partial charge in [-0.25, -0.2) is 4.39 Å². The van der Waals surface area contributed by atoms with Crippen LogP contribution in [0.5, 0.6) is 0 Å². The second kappa shape index (κ2) is 5.44. The third-order valence-corrected chi connectivity index (χ3v) is 4.25.